The fourth-order valence-corrected chi connectivity index (χ4v) is 3.98. The first-order valence-corrected chi connectivity index (χ1v) is 9.25. The van der Waals surface area contributed by atoms with Crippen LogP contribution >= 0.6 is 11.6 Å². The van der Waals surface area contributed by atoms with Gasteiger partial charge in [-0.2, -0.15) is 0 Å². The molecule has 1 N–H and O–H groups in total. The van der Waals surface area contributed by atoms with Crippen molar-refractivity contribution < 1.29 is 9.00 Å². The van der Waals surface area contributed by atoms with E-state index in [0.717, 1.165) is 18.4 Å². The van der Waals surface area contributed by atoms with Crippen LogP contribution in [0.1, 0.15) is 44.6 Å². The molecule has 0 radical (unpaired) electrons. The highest BCUT2D eigenvalue weighted by Crippen LogP contribution is 2.19. The van der Waals surface area contributed by atoms with Gasteiger partial charge >= 0.3 is 0 Å². The molecular weight excluding hydrogens is 306 g/mol. The van der Waals surface area contributed by atoms with Gasteiger partial charge in [-0.3, -0.25) is 9.00 Å². The smallest absolute Gasteiger partial charge is 0.235 e. The van der Waals surface area contributed by atoms with E-state index in [4.69, 9.17) is 11.6 Å². The Bertz CT molecular complexity index is 515. The average Bonchev–Trinajstić information content (AvgIpc) is 2.49. The van der Waals surface area contributed by atoms with E-state index >= 15 is 0 Å². The molecule has 0 unspecified atom stereocenters. The standard InChI is InChI=1S/C16H22ClNO2S/c1-12(16(19)18-14-8-3-2-4-9-14)21(20)11-13-7-5-6-10-15(13)17/h5-7,10,12,14H,2-4,8-9,11H2,1H3,(H,18,19)/t12-,21-/m1/s1. The highest BCUT2D eigenvalue weighted by molar-refractivity contribution is 7.85. The fraction of sp³-hybridized carbons (Fsp3) is 0.562. The third-order valence-electron chi connectivity index (χ3n) is 3.97. The maximum absolute atomic E-state index is 12.3. The van der Waals surface area contributed by atoms with Crippen molar-refractivity contribution >= 4 is 28.3 Å². The third kappa shape index (κ3) is 4.82. The van der Waals surface area contributed by atoms with Crippen LogP contribution in [0.4, 0.5) is 0 Å². The minimum atomic E-state index is -1.26. The number of carbonyl (C=O) groups is 1. The van der Waals surface area contributed by atoms with Gasteiger partial charge in [-0.05, 0) is 31.4 Å². The lowest BCUT2D eigenvalue weighted by molar-refractivity contribution is -0.121. The normalized spacial score (nSPS) is 19.0. The molecule has 0 spiro atoms. The van der Waals surface area contributed by atoms with Crippen LogP contribution in [0.3, 0.4) is 0 Å². The lowest BCUT2D eigenvalue weighted by Crippen LogP contribution is -2.42. The summed E-state index contributed by atoms with van der Waals surface area (Å²) in [5, 5.41) is 3.13. The van der Waals surface area contributed by atoms with Crippen molar-refractivity contribution in [2.24, 2.45) is 0 Å². The van der Waals surface area contributed by atoms with Gasteiger partial charge in [0.2, 0.25) is 5.91 Å². The number of carbonyl (C=O) groups excluding carboxylic acids is 1. The second-order valence-corrected chi connectivity index (χ2v) is 7.77. The molecule has 2 atom stereocenters. The molecule has 0 heterocycles. The summed E-state index contributed by atoms with van der Waals surface area (Å²) in [5.41, 5.74) is 0.829. The Morgan fingerprint density at radius 2 is 2.00 bits per heavy atom. The number of halogens is 1. The van der Waals surface area contributed by atoms with Crippen molar-refractivity contribution in [3.05, 3.63) is 34.9 Å². The Hall–Kier alpha value is -0.870. The number of hydrogen-bond acceptors (Lipinski definition) is 2. The molecule has 5 heteroatoms. The molecule has 1 amide bonds. The maximum atomic E-state index is 12.3. The Morgan fingerprint density at radius 1 is 1.33 bits per heavy atom. The second-order valence-electron chi connectivity index (χ2n) is 5.60. The van der Waals surface area contributed by atoms with Gasteiger partial charge in [0.15, 0.2) is 0 Å². The molecule has 1 aromatic rings. The van der Waals surface area contributed by atoms with E-state index in [1.807, 2.05) is 18.2 Å². The van der Waals surface area contributed by atoms with Crippen LogP contribution < -0.4 is 5.32 Å². The van der Waals surface area contributed by atoms with Gasteiger partial charge in [0.25, 0.3) is 0 Å². The summed E-state index contributed by atoms with van der Waals surface area (Å²) < 4.78 is 12.3. The molecular formula is C16H22ClNO2S. The molecule has 1 aliphatic rings. The first-order valence-electron chi connectivity index (χ1n) is 7.49. The van der Waals surface area contributed by atoms with E-state index in [1.54, 1.807) is 13.0 Å². The van der Waals surface area contributed by atoms with Crippen LogP contribution in [-0.4, -0.2) is 21.4 Å². The molecule has 1 aliphatic carbocycles. The average molecular weight is 328 g/mol. The maximum Gasteiger partial charge on any atom is 0.235 e. The minimum absolute atomic E-state index is 0.104. The number of amides is 1. The molecule has 0 bridgehead atoms. The van der Waals surface area contributed by atoms with E-state index < -0.39 is 16.0 Å². The van der Waals surface area contributed by atoms with Crippen molar-refractivity contribution in [3.8, 4) is 0 Å². The number of benzene rings is 1. The third-order valence-corrected chi connectivity index (χ3v) is 5.94. The molecule has 0 aliphatic heterocycles. The zero-order chi connectivity index (χ0) is 15.2. The van der Waals surface area contributed by atoms with Gasteiger partial charge in [-0.15, -0.1) is 0 Å². The summed E-state index contributed by atoms with van der Waals surface area (Å²) >= 11 is 6.07. The Morgan fingerprint density at radius 3 is 2.67 bits per heavy atom. The second kappa shape index (κ2) is 7.95. The van der Waals surface area contributed by atoms with Crippen LogP contribution in [0, 0.1) is 0 Å². The number of hydrogen-bond donors (Lipinski definition) is 1. The molecule has 3 nitrogen and oxygen atoms in total. The largest absolute Gasteiger partial charge is 0.352 e. The first kappa shape index (κ1) is 16.5. The lowest BCUT2D eigenvalue weighted by atomic mass is 9.95. The van der Waals surface area contributed by atoms with E-state index in [-0.39, 0.29) is 11.9 Å². The molecule has 0 saturated heterocycles. The van der Waals surface area contributed by atoms with Gasteiger partial charge in [0.1, 0.15) is 5.25 Å². The summed E-state index contributed by atoms with van der Waals surface area (Å²) in [5.74, 6) is 0.214. The molecule has 1 saturated carbocycles. The quantitative estimate of drug-likeness (QED) is 0.900. The van der Waals surface area contributed by atoms with Crippen LogP contribution in [0.25, 0.3) is 0 Å². The van der Waals surface area contributed by atoms with E-state index in [1.165, 1.54) is 19.3 Å². The Kier molecular flexibility index (Phi) is 6.24. The summed E-state index contributed by atoms with van der Waals surface area (Å²) in [6, 6.07) is 7.59. The number of nitrogens with one attached hydrogen (secondary N) is 1. The highest BCUT2D eigenvalue weighted by atomic mass is 35.5. The zero-order valence-corrected chi connectivity index (χ0v) is 13.9. The summed E-state index contributed by atoms with van der Waals surface area (Å²) in [6.45, 7) is 1.73. The molecule has 21 heavy (non-hydrogen) atoms. The fourth-order valence-electron chi connectivity index (χ4n) is 2.58. The summed E-state index contributed by atoms with van der Waals surface area (Å²) in [6.07, 6.45) is 5.66. The Labute approximate surface area is 133 Å². The van der Waals surface area contributed by atoms with Crippen molar-refractivity contribution in [2.45, 2.75) is 56.1 Å². The monoisotopic (exact) mass is 327 g/mol. The van der Waals surface area contributed by atoms with E-state index in [0.29, 0.717) is 10.8 Å². The van der Waals surface area contributed by atoms with Crippen molar-refractivity contribution in [1.29, 1.82) is 0 Å². The number of rotatable bonds is 5. The minimum Gasteiger partial charge on any atom is -0.352 e. The van der Waals surface area contributed by atoms with Gasteiger partial charge in [-0.25, -0.2) is 0 Å². The van der Waals surface area contributed by atoms with Crippen molar-refractivity contribution in [1.82, 2.24) is 5.32 Å². The van der Waals surface area contributed by atoms with Crippen LogP contribution in [-0.2, 0) is 21.3 Å². The molecule has 1 fully saturated rings. The first-order chi connectivity index (χ1) is 10.1. The molecule has 116 valence electrons. The van der Waals surface area contributed by atoms with Crippen molar-refractivity contribution in [3.63, 3.8) is 0 Å². The lowest BCUT2D eigenvalue weighted by Gasteiger charge is -2.24. The Balaban J connectivity index is 1.89. The predicted octanol–water partition coefficient (Wildman–Crippen LogP) is 3.43. The van der Waals surface area contributed by atoms with Crippen molar-refractivity contribution in [2.75, 3.05) is 0 Å². The predicted molar refractivity (Wildman–Crippen MR) is 87.8 cm³/mol. The van der Waals surface area contributed by atoms with Crippen LogP contribution in [0.15, 0.2) is 24.3 Å². The van der Waals surface area contributed by atoms with Crippen LogP contribution in [0.2, 0.25) is 5.02 Å². The molecule has 0 aromatic heterocycles. The van der Waals surface area contributed by atoms with E-state index in [2.05, 4.69) is 5.32 Å². The van der Waals surface area contributed by atoms with Gasteiger partial charge < -0.3 is 5.32 Å². The highest BCUT2D eigenvalue weighted by Gasteiger charge is 2.24. The summed E-state index contributed by atoms with van der Waals surface area (Å²) in [4.78, 5) is 12.2. The van der Waals surface area contributed by atoms with Gasteiger partial charge in [0, 0.05) is 21.9 Å². The zero-order valence-electron chi connectivity index (χ0n) is 12.3. The topological polar surface area (TPSA) is 46.2 Å². The van der Waals surface area contributed by atoms with E-state index in [9.17, 15) is 9.00 Å². The summed E-state index contributed by atoms with van der Waals surface area (Å²) in [7, 11) is -1.26. The molecule has 2 rings (SSSR count). The van der Waals surface area contributed by atoms with Gasteiger partial charge in [-0.1, -0.05) is 49.1 Å². The van der Waals surface area contributed by atoms with Crippen LogP contribution in [0.5, 0.6) is 0 Å². The molecule has 1 aromatic carbocycles. The SMILES string of the molecule is C[C@H](C(=O)NC1CCCCC1)[S@](=O)Cc1ccccc1Cl. The van der Waals surface area contributed by atoms with Gasteiger partial charge in [0.05, 0.1) is 5.75 Å².